The summed E-state index contributed by atoms with van der Waals surface area (Å²) in [5.41, 5.74) is 1.88. The predicted octanol–water partition coefficient (Wildman–Crippen LogP) is 2.54. The highest BCUT2D eigenvalue weighted by molar-refractivity contribution is 7.98. The molecule has 1 saturated heterocycles. The van der Waals surface area contributed by atoms with Gasteiger partial charge in [-0.15, -0.1) is 11.8 Å². The van der Waals surface area contributed by atoms with Crippen molar-refractivity contribution < 1.29 is 4.79 Å². The number of thioether (sulfide) groups is 1. The smallest absolute Gasteiger partial charge is 0.252 e. The van der Waals surface area contributed by atoms with Crippen LogP contribution in [0.5, 0.6) is 0 Å². The fourth-order valence-corrected chi connectivity index (χ4v) is 3.59. The second kappa shape index (κ2) is 7.08. The molecule has 1 atom stereocenters. The Morgan fingerprint density at radius 2 is 2.22 bits per heavy atom. The number of piperidine rings is 1. The number of carbonyl (C=O) groups excluding carboxylic acids is 1. The molecule has 0 aliphatic carbocycles. The van der Waals surface area contributed by atoms with Crippen LogP contribution in [0.25, 0.3) is 0 Å². The van der Waals surface area contributed by atoms with E-state index in [9.17, 15) is 4.79 Å². The Kier molecular flexibility index (Phi) is 4.91. The number of nitrogens with one attached hydrogen (secondary N) is 1. The van der Waals surface area contributed by atoms with Crippen molar-refractivity contribution >= 4 is 23.4 Å². The Bertz CT molecular complexity index is 685. The number of hydrogen-bond donors (Lipinski definition) is 1. The molecule has 1 aliphatic rings. The molecule has 0 saturated carbocycles. The van der Waals surface area contributed by atoms with Gasteiger partial charge in [-0.25, -0.2) is 0 Å². The summed E-state index contributed by atoms with van der Waals surface area (Å²) in [6.07, 6.45) is 7.99. The third kappa shape index (κ3) is 3.69. The number of hydrogen-bond acceptors (Lipinski definition) is 4. The molecule has 5 nitrogen and oxygen atoms in total. The zero-order valence-electron chi connectivity index (χ0n) is 13.5. The van der Waals surface area contributed by atoms with Gasteiger partial charge in [0.25, 0.3) is 5.91 Å². The number of aromatic nitrogens is 2. The van der Waals surface area contributed by atoms with Gasteiger partial charge in [0.2, 0.25) is 0 Å². The molecule has 2 heterocycles. The van der Waals surface area contributed by atoms with E-state index in [-0.39, 0.29) is 11.9 Å². The van der Waals surface area contributed by atoms with Gasteiger partial charge in [-0.2, -0.15) is 5.10 Å². The zero-order valence-corrected chi connectivity index (χ0v) is 14.3. The molecular formula is C17H22N4OS. The number of carbonyl (C=O) groups is 1. The SMILES string of the molecule is CSc1ccccc1C(=O)N[C@H]1CCCN(c2cnn(C)c2)C1. The normalized spacial score (nSPS) is 18.0. The van der Waals surface area contributed by atoms with Crippen LogP contribution in [0.4, 0.5) is 5.69 Å². The molecule has 6 heteroatoms. The van der Waals surface area contributed by atoms with Crippen LogP contribution in [0.15, 0.2) is 41.6 Å². The van der Waals surface area contributed by atoms with Gasteiger partial charge in [0, 0.05) is 37.3 Å². The lowest BCUT2D eigenvalue weighted by molar-refractivity contribution is 0.0930. The summed E-state index contributed by atoms with van der Waals surface area (Å²) in [7, 11) is 1.92. The van der Waals surface area contributed by atoms with Gasteiger partial charge < -0.3 is 10.2 Å². The minimum atomic E-state index is 0.0213. The second-order valence-corrected chi connectivity index (χ2v) is 6.68. The van der Waals surface area contributed by atoms with Gasteiger partial charge in [0.1, 0.15) is 0 Å². The number of aryl methyl sites for hydroxylation is 1. The van der Waals surface area contributed by atoms with Crippen molar-refractivity contribution in [2.45, 2.75) is 23.8 Å². The fourth-order valence-electron chi connectivity index (χ4n) is 3.00. The highest BCUT2D eigenvalue weighted by Crippen LogP contribution is 2.22. The summed E-state index contributed by atoms with van der Waals surface area (Å²) < 4.78 is 1.81. The van der Waals surface area contributed by atoms with Crippen molar-refractivity contribution in [3.63, 3.8) is 0 Å². The van der Waals surface area contributed by atoms with Crippen molar-refractivity contribution in [1.82, 2.24) is 15.1 Å². The van der Waals surface area contributed by atoms with Gasteiger partial charge in [0.05, 0.1) is 17.4 Å². The Morgan fingerprint density at radius 1 is 1.39 bits per heavy atom. The number of anilines is 1. The Balaban J connectivity index is 1.66. The van der Waals surface area contributed by atoms with E-state index in [4.69, 9.17) is 0 Å². The lowest BCUT2D eigenvalue weighted by Gasteiger charge is -2.33. The van der Waals surface area contributed by atoms with Crippen LogP contribution in [-0.4, -0.2) is 41.1 Å². The third-order valence-corrected chi connectivity index (χ3v) is 4.96. The van der Waals surface area contributed by atoms with Crippen molar-refractivity contribution in [2.24, 2.45) is 7.05 Å². The lowest BCUT2D eigenvalue weighted by atomic mass is 10.0. The predicted molar refractivity (Wildman–Crippen MR) is 94.1 cm³/mol. The minimum Gasteiger partial charge on any atom is -0.367 e. The lowest BCUT2D eigenvalue weighted by Crippen LogP contribution is -2.47. The van der Waals surface area contributed by atoms with Crippen molar-refractivity contribution in [2.75, 3.05) is 24.2 Å². The summed E-state index contributed by atoms with van der Waals surface area (Å²) >= 11 is 1.60. The van der Waals surface area contributed by atoms with E-state index in [1.807, 2.05) is 54.6 Å². The standard InChI is InChI=1S/C17H22N4OS/c1-20-12-14(10-18-20)21-9-5-6-13(11-21)19-17(22)15-7-3-4-8-16(15)23-2/h3-4,7-8,10,12-13H,5-6,9,11H2,1-2H3,(H,19,22)/t13-/m0/s1. The minimum absolute atomic E-state index is 0.0213. The van der Waals surface area contributed by atoms with E-state index in [0.29, 0.717) is 0 Å². The monoisotopic (exact) mass is 330 g/mol. The third-order valence-electron chi connectivity index (χ3n) is 4.16. The molecule has 1 aromatic carbocycles. The highest BCUT2D eigenvalue weighted by Gasteiger charge is 2.23. The van der Waals surface area contributed by atoms with E-state index >= 15 is 0 Å². The molecule has 3 rings (SSSR count). The number of amides is 1. The van der Waals surface area contributed by atoms with Crippen LogP contribution < -0.4 is 10.2 Å². The maximum Gasteiger partial charge on any atom is 0.252 e. The Hall–Kier alpha value is -1.95. The van der Waals surface area contributed by atoms with Crippen LogP contribution in [0.2, 0.25) is 0 Å². The zero-order chi connectivity index (χ0) is 16.2. The molecular weight excluding hydrogens is 308 g/mol. The molecule has 0 unspecified atom stereocenters. The number of nitrogens with zero attached hydrogens (tertiary/aromatic N) is 3. The molecule has 0 spiro atoms. The summed E-state index contributed by atoms with van der Waals surface area (Å²) in [6, 6.07) is 7.93. The van der Waals surface area contributed by atoms with Gasteiger partial charge >= 0.3 is 0 Å². The maximum atomic E-state index is 12.6. The van der Waals surface area contributed by atoms with E-state index in [1.54, 1.807) is 11.8 Å². The van der Waals surface area contributed by atoms with E-state index < -0.39 is 0 Å². The Labute approximate surface area is 141 Å². The first-order valence-corrected chi connectivity index (χ1v) is 9.07. The molecule has 0 bridgehead atoms. The van der Waals surface area contributed by atoms with Gasteiger partial charge in [-0.05, 0) is 31.2 Å². The molecule has 23 heavy (non-hydrogen) atoms. The molecule has 1 fully saturated rings. The second-order valence-electron chi connectivity index (χ2n) is 5.83. The average molecular weight is 330 g/mol. The average Bonchev–Trinajstić information content (AvgIpc) is 3.01. The number of benzene rings is 1. The highest BCUT2D eigenvalue weighted by atomic mass is 32.2. The summed E-state index contributed by atoms with van der Waals surface area (Å²) in [5.74, 6) is 0.0213. The first kappa shape index (κ1) is 15.9. The van der Waals surface area contributed by atoms with Crippen molar-refractivity contribution in [3.8, 4) is 0 Å². The van der Waals surface area contributed by atoms with Gasteiger partial charge in [0.15, 0.2) is 0 Å². The van der Waals surface area contributed by atoms with Crippen LogP contribution in [0.3, 0.4) is 0 Å². The van der Waals surface area contributed by atoms with Crippen molar-refractivity contribution in [1.29, 1.82) is 0 Å². The first-order valence-electron chi connectivity index (χ1n) is 7.85. The van der Waals surface area contributed by atoms with Crippen LogP contribution in [0, 0.1) is 0 Å². The maximum absolute atomic E-state index is 12.6. The summed E-state index contributed by atoms with van der Waals surface area (Å²) in [6.45, 7) is 1.85. The van der Waals surface area contributed by atoms with Gasteiger partial charge in [-0.3, -0.25) is 9.48 Å². The molecule has 0 radical (unpaired) electrons. The fraction of sp³-hybridized carbons (Fsp3) is 0.412. The van der Waals surface area contributed by atoms with Crippen LogP contribution in [-0.2, 0) is 7.05 Å². The summed E-state index contributed by atoms with van der Waals surface area (Å²) in [5, 5.41) is 7.43. The van der Waals surface area contributed by atoms with E-state index in [0.717, 1.165) is 42.1 Å². The molecule has 122 valence electrons. The van der Waals surface area contributed by atoms with E-state index in [2.05, 4.69) is 15.3 Å². The van der Waals surface area contributed by atoms with E-state index in [1.165, 1.54) is 0 Å². The Morgan fingerprint density at radius 3 is 2.96 bits per heavy atom. The molecule has 1 amide bonds. The van der Waals surface area contributed by atoms with Crippen molar-refractivity contribution in [3.05, 3.63) is 42.2 Å². The van der Waals surface area contributed by atoms with Crippen LogP contribution in [0.1, 0.15) is 23.2 Å². The quantitative estimate of drug-likeness (QED) is 0.875. The molecule has 1 N–H and O–H groups in total. The molecule has 1 aliphatic heterocycles. The summed E-state index contributed by atoms with van der Waals surface area (Å²) in [4.78, 5) is 15.9. The number of rotatable bonds is 4. The molecule has 2 aromatic rings. The largest absolute Gasteiger partial charge is 0.367 e. The topological polar surface area (TPSA) is 50.2 Å². The molecule has 1 aromatic heterocycles. The first-order chi connectivity index (χ1) is 11.2. The van der Waals surface area contributed by atoms with Crippen LogP contribution >= 0.6 is 11.8 Å². The van der Waals surface area contributed by atoms with Gasteiger partial charge in [-0.1, -0.05) is 12.1 Å².